The smallest absolute Gasteiger partial charge is 0.223 e. The lowest BCUT2D eigenvalue weighted by atomic mass is 9.97. The second kappa shape index (κ2) is 6.10. The van der Waals surface area contributed by atoms with Gasteiger partial charge in [0.2, 0.25) is 5.91 Å². The lowest BCUT2D eigenvalue weighted by Crippen LogP contribution is -2.42. The molecule has 2 atom stereocenters. The van der Waals surface area contributed by atoms with Gasteiger partial charge in [-0.15, -0.1) is 0 Å². The molecule has 0 saturated heterocycles. The van der Waals surface area contributed by atoms with Gasteiger partial charge in [0, 0.05) is 12.5 Å². The summed E-state index contributed by atoms with van der Waals surface area (Å²) in [5.74, 6) is -1.78. The van der Waals surface area contributed by atoms with E-state index >= 15 is 0 Å². The van der Waals surface area contributed by atoms with Gasteiger partial charge in [-0.05, 0) is 48.9 Å². The SMILES string of the molecule is CCC(O)(CC)CNC(=O)C1CC1c1cc(F)ccc1F. The normalized spacial score (nSPS) is 21.2. The van der Waals surface area contributed by atoms with Crippen LogP contribution in [0.25, 0.3) is 0 Å². The van der Waals surface area contributed by atoms with Crippen LogP contribution in [0, 0.1) is 17.6 Å². The fourth-order valence-electron chi connectivity index (χ4n) is 2.51. The molecule has 0 aliphatic heterocycles. The molecule has 1 aromatic rings. The van der Waals surface area contributed by atoms with E-state index < -0.39 is 17.2 Å². The van der Waals surface area contributed by atoms with E-state index in [1.807, 2.05) is 13.8 Å². The van der Waals surface area contributed by atoms with Gasteiger partial charge in [-0.2, -0.15) is 0 Å². The largest absolute Gasteiger partial charge is 0.388 e. The van der Waals surface area contributed by atoms with Crippen LogP contribution in [0.4, 0.5) is 8.78 Å². The summed E-state index contributed by atoms with van der Waals surface area (Å²) >= 11 is 0. The molecule has 0 bridgehead atoms. The van der Waals surface area contributed by atoms with Crippen LogP contribution in [0.15, 0.2) is 18.2 Å². The summed E-state index contributed by atoms with van der Waals surface area (Å²) in [6.07, 6.45) is 1.62. The molecule has 1 aliphatic carbocycles. The van der Waals surface area contributed by atoms with E-state index in [0.717, 1.165) is 18.2 Å². The van der Waals surface area contributed by atoms with E-state index in [-0.39, 0.29) is 29.9 Å². The standard InChI is InChI=1S/C16H21F2NO2/c1-3-16(21,4-2)9-19-15(20)13-8-11(13)12-7-10(17)5-6-14(12)18/h5-7,11,13,21H,3-4,8-9H2,1-2H3,(H,19,20). The van der Waals surface area contributed by atoms with Crippen molar-refractivity contribution in [3.8, 4) is 0 Å². The highest BCUT2D eigenvalue weighted by Gasteiger charge is 2.45. The van der Waals surface area contributed by atoms with E-state index in [1.165, 1.54) is 0 Å². The number of hydrogen-bond donors (Lipinski definition) is 2. The van der Waals surface area contributed by atoms with Crippen molar-refractivity contribution in [3.05, 3.63) is 35.4 Å². The number of halogens is 2. The van der Waals surface area contributed by atoms with Crippen molar-refractivity contribution in [2.45, 2.75) is 44.6 Å². The molecule has 1 aromatic carbocycles. The minimum Gasteiger partial charge on any atom is -0.388 e. The predicted octanol–water partition coefficient (Wildman–Crippen LogP) is 2.74. The Morgan fingerprint density at radius 2 is 2.05 bits per heavy atom. The Hall–Kier alpha value is -1.49. The van der Waals surface area contributed by atoms with Crippen molar-refractivity contribution in [3.63, 3.8) is 0 Å². The molecular weight excluding hydrogens is 276 g/mol. The highest BCUT2D eigenvalue weighted by Crippen LogP contribution is 2.48. The average Bonchev–Trinajstić information content (AvgIpc) is 3.27. The van der Waals surface area contributed by atoms with E-state index in [1.54, 1.807) is 0 Å². The predicted molar refractivity (Wildman–Crippen MR) is 75.7 cm³/mol. The average molecular weight is 297 g/mol. The molecular formula is C16H21F2NO2. The van der Waals surface area contributed by atoms with Crippen molar-refractivity contribution in [1.29, 1.82) is 0 Å². The van der Waals surface area contributed by atoms with Gasteiger partial charge in [0.05, 0.1) is 5.60 Å². The second-order valence-corrected chi connectivity index (χ2v) is 5.76. The Balaban J connectivity index is 1.94. The summed E-state index contributed by atoms with van der Waals surface area (Å²) in [6, 6.07) is 3.31. The third-order valence-electron chi connectivity index (χ3n) is 4.39. The number of hydrogen-bond acceptors (Lipinski definition) is 2. The molecule has 1 aliphatic rings. The number of aliphatic hydroxyl groups is 1. The van der Waals surface area contributed by atoms with Gasteiger partial charge in [-0.25, -0.2) is 8.78 Å². The zero-order valence-corrected chi connectivity index (χ0v) is 12.3. The summed E-state index contributed by atoms with van der Waals surface area (Å²) in [7, 11) is 0. The maximum atomic E-state index is 13.6. The number of benzene rings is 1. The van der Waals surface area contributed by atoms with Gasteiger partial charge < -0.3 is 10.4 Å². The highest BCUT2D eigenvalue weighted by atomic mass is 19.1. The van der Waals surface area contributed by atoms with Crippen molar-refractivity contribution in [1.82, 2.24) is 5.32 Å². The first kappa shape index (κ1) is 15.9. The zero-order chi connectivity index (χ0) is 15.6. The van der Waals surface area contributed by atoms with Crippen LogP contribution >= 0.6 is 0 Å². The van der Waals surface area contributed by atoms with Crippen LogP contribution in [-0.2, 0) is 4.79 Å². The molecule has 2 N–H and O–H groups in total. The van der Waals surface area contributed by atoms with Crippen LogP contribution in [0.3, 0.4) is 0 Å². The molecule has 1 fully saturated rings. The van der Waals surface area contributed by atoms with Crippen molar-refractivity contribution in [2.24, 2.45) is 5.92 Å². The van der Waals surface area contributed by atoms with Gasteiger partial charge in [-0.1, -0.05) is 13.8 Å². The highest BCUT2D eigenvalue weighted by molar-refractivity contribution is 5.83. The second-order valence-electron chi connectivity index (χ2n) is 5.76. The number of amides is 1. The maximum Gasteiger partial charge on any atom is 0.223 e. The molecule has 3 nitrogen and oxygen atoms in total. The molecule has 1 saturated carbocycles. The van der Waals surface area contributed by atoms with Gasteiger partial charge in [0.1, 0.15) is 11.6 Å². The Labute approximate surface area is 123 Å². The molecule has 0 aromatic heterocycles. The van der Waals surface area contributed by atoms with Gasteiger partial charge in [-0.3, -0.25) is 4.79 Å². The molecule has 1 amide bonds. The monoisotopic (exact) mass is 297 g/mol. The summed E-state index contributed by atoms with van der Waals surface area (Å²) < 4.78 is 26.8. The Morgan fingerprint density at radius 3 is 2.67 bits per heavy atom. The van der Waals surface area contributed by atoms with Crippen LogP contribution in [0.2, 0.25) is 0 Å². The Kier molecular flexibility index (Phi) is 4.61. The van der Waals surface area contributed by atoms with E-state index in [0.29, 0.717) is 19.3 Å². The number of rotatable bonds is 6. The fraction of sp³-hybridized carbons (Fsp3) is 0.562. The lowest BCUT2D eigenvalue weighted by molar-refractivity contribution is -0.123. The van der Waals surface area contributed by atoms with E-state index in [9.17, 15) is 18.7 Å². The van der Waals surface area contributed by atoms with Crippen LogP contribution < -0.4 is 5.32 Å². The zero-order valence-electron chi connectivity index (χ0n) is 12.3. The third kappa shape index (κ3) is 3.59. The first-order valence-electron chi connectivity index (χ1n) is 7.35. The Morgan fingerprint density at radius 1 is 1.38 bits per heavy atom. The molecule has 116 valence electrons. The lowest BCUT2D eigenvalue weighted by Gasteiger charge is -2.25. The quantitative estimate of drug-likeness (QED) is 0.848. The van der Waals surface area contributed by atoms with Gasteiger partial charge in [0.15, 0.2) is 0 Å². The molecule has 2 rings (SSSR count). The van der Waals surface area contributed by atoms with Gasteiger partial charge in [0.25, 0.3) is 0 Å². The van der Waals surface area contributed by atoms with Crippen molar-refractivity contribution < 1.29 is 18.7 Å². The number of nitrogens with one attached hydrogen (secondary N) is 1. The molecule has 0 radical (unpaired) electrons. The van der Waals surface area contributed by atoms with Crippen LogP contribution in [0.1, 0.15) is 44.6 Å². The minimum atomic E-state index is -0.899. The molecule has 21 heavy (non-hydrogen) atoms. The summed E-state index contributed by atoms with van der Waals surface area (Å²) in [4.78, 5) is 12.0. The maximum absolute atomic E-state index is 13.6. The molecule has 5 heteroatoms. The first-order valence-corrected chi connectivity index (χ1v) is 7.35. The van der Waals surface area contributed by atoms with Crippen molar-refractivity contribution in [2.75, 3.05) is 6.54 Å². The van der Waals surface area contributed by atoms with Crippen molar-refractivity contribution >= 4 is 5.91 Å². The minimum absolute atomic E-state index is 0.188. The summed E-state index contributed by atoms with van der Waals surface area (Å²) in [5, 5.41) is 12.8. The van der Waals surface area contributed by atoms with Crippen LogP contribution in [0.5, 0.6) is 0 Å². The fourth-order valence-corrected chi connectivity index (χ4v) is 2.51. The number of carbonyl (C=O) groups is 1. The third-order valence-corrected chi connectivity index (χ3v) is 4.39. The summed E-state index contributed by atoms with van der Waals surface area (Å²) in [5.41, 5.74) is -0.638. The topological polar surface area (TPSA) is 49.3 Å². The van der Waals surface area contributed by atoms with Crippen LogP contribution in [-0.4, -0.2) is 23.2 Å². The van der Waals surface area contributed by atoms with E-state index in [4.69, 9.17) is 0 Å². The molecule has 0 spiro atoms. The summed E-state index contributed by atoms with van der Waals surface area (Å²) in [6.45, 7) is 3.91. The number of carbonyl (C=O) groups excluding carboxylic acids is 1. The molecule has 2 unspecified atom stereocenters. The molecule has 0 heterocycles. The van der Waals surface area contributed by atoms with Gasteiger partial charge >= 0.3 is 0 Å². The van der Waals surface area contributed by atoms with E-state index in [2.05, 4.69) is 5.32 Å². The first-order chi connectivity index (χ1) is 9.90. The Bertz CT molecular complexity index is 529.